The van der Waals surface area contributed by atoms with Crippen LogP contribution < -0.4 is 5.73 Å². The lowest BCUT2D eigenvalue weighted by Gasteiger charge is -2.08. The van der Waals surface area contributed by atoms with Crippen molar-refractivity contribution >= 4 is 21.6 Å². The molecule has 0 saturated carbocycles. The molecule has 0 unspecified atom stereocenters. The second kappa shape index (κ2) is 3.17. The highest BCUT2D eigenvalue weighted by atomic mass is 79.9. The summed E-state index contributed by atoms with van der Waals surface area (Å²) in [7, 11) is 0. The molecule has 0 saturated heterocycles. The van der Waals surface area contributed by atoms with Crippen LogP contribution in [0.5, 0.6) is 0 Å². The van der Waals surface area contributed by atoms with E-state index in [1.165, 1.54) is 0 Å². The van der Waals surface area contributed by atoms with Crippen LogP contribution >= 0.6 is 15.9 Å². The number of halogens is 5. The number of rotatable bonds is 0. The molecule has 0 bridgehead atoms. The highest BCUT2D eigenvalue weighted by Gasteiger charge is 2.31. The van der Waals surface area contributed by atoms with Gasteiger partial charge in [-0.05, 0) is 28.1 Å². The van der Waals surface area contributed by atoms with E-state index in [-0.39, 0.29) is 4.47 Å². The van der Waals surface area contributed by atoms with E-state index in [1.807, 2.05) is 0 Å². The van der Waals surface area contributed by atoms with E-state index < -0.39 is 23.2 Å². The van der Waals surface area contributed by atoms with Crippen LogP contribution in [-0.2, 0) is 6.18 Å². The minimum absolute atomic E-state index is 0.292. The van der Waals surface area contributed by atoms with Crippen LogP contribution in [0.4, 0.5) is 23.2 Å². The molecule has 2 N–H and O–H groups in total. The van der Waals surface area contributed by atoms with Gasteiger partial charge < -0.3 is 5.73 Å². The van der Waals surface area contributed by atoms with Crippen LogP contribution in [0.3, 0.4) is 0 Å². The van der Waals surface area contributed by atoms with Gasteiger partial charge in [-0.3, -0.25) is 0 Å². The van der Waals surface area contributed by atoms with Gasteiger partial charge in [0.05, 0.1) is 15.7 Å². The standard InChI is InChI=1S/C7H4BrF4N/c8-4-1-3(7(10,11)12)2-5(13)6(4)9/h1-2H,13H2. The van der Waals surface area contributed by atoms with E-state index in [1.54, 1.807) is 0 Å². The van der Waals surface area contributed by atoms with Crippen molar-refractivity contribution in [2.45, 2.75) is 6.18 Å². The third-order valence-corrected chi connectivity index (χ3v) is 1.96. The minimum atomic E-state index is -4.51. The van der Waals surface area contributed by atoms with Gasteiger partial charge in [-0.1, -0.05) is 0 Å². The molecule has 0 spiro atoms. The topological polar surface area (TPSA) is 26.0 Å². The maximum atomic E-state index is 12.8. The number of anilines is 1. The van der Waals surface area contributed by atoms with Crippen molar-refractivity contribution in [2.24, 2.45) is 0 Å². The molecule has 1 rings (SSSR count). The Kier molecular flexibility index (Phi) is 2.51. The Morgan fingerprint density at radius 2 is 1.77 bits per heavy atom. The number of alkyl halides is 3. The molecule has 6 heteroatoms. The van der Waals surface area contributed by atoms with Crippen molar-refractivity contribution in [3.63, 3.8) is 0 Å². The average Bonchev–Trinajstić information content (AvgIpc) is 1.97. The third-order valence-electron chi connectivity index (χ3n) is 1.38. The molecule has 1 aromatic rings. The minimum Gasteiger partial charge on any atom is -0.396 e. The molecule has 0 radical (unpaired) electrons. The average molecular weight is 258 g/mol. The predicted molar refractivity (Wildman–Crippen MR) is 43.5 cm³/mol. The molecule has 1 aromatic carbocycles. The summed E-state index contributed by atoms with van der Waals surface area (Å²) in [6.45, 7) is 0. The molecule has 0 aromatic heterocycles. The summed E-state index contributed by atoms with van der Waals surface area (Å²) >= 11 is 2.63. The van der Waals surface area contributed by atoms with Crippen LogP contribution in [0.1, 0.15) is 5.56 Å². The van der Waals surface area contributed by atoms with Crippen LogP contribution in [0.15, 0.2) is 16.6 Å². The maximum Gasteiger partial charge on any atom is 0.416 e. The smallest absolute Gasteiger partial charge is 0.396 e. The van der Waals surface area contributed by atoms with Gasteiger partial charge in [-0.2, -0.15) is 13.2 Å². The summed E-state index contributed by atoms with van der Waals surface area (Å²) in [5.41, 5.74) is 3.51. The molecule has 0 aliphatic heterocycles. The van der Waals surface area contributed by atoms with Crippen molar-refractivity contribution in [3.8, 4) is 0 Å². The number of hydrogen-bond acceptors (Lipinski definition) is 1. The van der Waals surface area contributed by atoms with E-state index in [0.717, 1.165) is 0 Å². The molecular formula is C7H4BrF4N. The fourth-order valence-electron chi connectivity index (χ4n) is 0.774. The molecule has 1 nitrogen and oxygen atoms in total. The molecule has 0 fully saturated rings. The summed E-state index contributed by atoms with van der Waals surface area (Å²) in [5, 5.41) is 0. The van der Waals surface area contributed by atoms with Gasteiger partial charge in [0.2, 0.25) is 0 Å². The van der Waals surface area contributed by atoms with Crippen molar-refractivity contribution in [2.75, 3.05) is 5.73 Å². The number of benzene rings is 1. The number of nitrogen functional groups attached to an aromatic ring is 1. The summed E-state index contributed by atoms with van der Waals surface area (Å²) in [6.07, 6.45) is -4.51. The SMILES string of the molecule is Nc1cc(C(F)(F)F)cc(Br)c1F. The second-order valence-electron chi connectivity index (χ2n) is 2.36. The summed E-state index contributed by atoms with van der Waals surface area (Å²) in [6, 6.07) is 1.20. The first-order valence-corrected chi connectivity index (χ1v) is 3.93. The van der Waals surface area contributed by atoms with E-state index in [4.69, 9.17) is 5.73 Å². The van der Waals surface area contributed by atoms with E-state index in [0.29, 0.717) is 12.1 Å². The Morgan fingerprint density at radius 3 is 2.15 bits per heavy atom. The van der Waals surface area contributed by atoms with Gasteiger partial charge in [-0.15, -0.1) is 0 Å². The molecule has 0 heterocycles. The fraction of sp³-hybridized carbons (Fsp3) is 0.143. The summed E-state index contributed by atoms with van der Waals surface area (Å²) in [4.78, 5) is 0. The number of nitrogens with two attached hydrogens (primary N) is 1. The fourth-order valence-corrected chi connectivity index (χ4v) is 1.25. The van der Waals surface area contributed by atoms with Gasteiger partial charge >= 0.3 is 6.18 Å². The summed E-state index contributed by atoms with van der Waals surface area (Å²) < 4.78 is 48.7. The molecular weight excluding hydrogens is 254 g/mol. The third kappa shape index (κ3) is 2.12. The first-order valence-electron chi connectivity index (χ1n) is 3.14. The Labute approximate surface area is 79.7 Å². The predicted octanol–water partition coefficient (Wildman–Crippen LogP) is 3.19. The van der Waals surface area contributed by atoms with Crippen molar-refractivity contribution in [3.05, 3.63) is 28.0 Å². The first kappa shape index (κ1) is 10.3. The second-order valence-corrected chi connectivity index (χ2v) is 3.21. The zero-order valence-electron chi connectivity index (χ0n) is 6.12. The van der Waals surface area contributed by atoms with Gasteiger partial charge in [0, 0.05) is 0 Å². The van der Waals surface area contributed by atoms with Gasteiger partial charge in [-0.25, -0.2) is 4.39 Å². The quantitative estimate of drug-likeness (QED) is 0.561. The van der Waals surface area contributed by atoms with Crippen LogP contribution in [0.2, 0.25) is 0 Å². The van der Waals surface area contributed by atoms with E-state index in [2.05, 4.69) is 15.9 Å². The Bertz CT molecular complexity index is 311. The van der Waals surface area contributed by atoms with Crippen LogP contribution in [0.25, 0.3) is 0 Å². The Balaban J connectivity index is 3.29. The monoisotopic (exact) mass is 257 g/mol. The van der Waals surface area contributed by atoms with E-state index in [9.17, 15) is 17.6 Å². The lowest BCUT2D eigenvalue weighted by molar-refractivity contribution is -0.137. The highest BCUT2D eigenvalue weighted by Crippen LogP contribution is 2.34. The molecule has 0 atom stereocenters. The number of hydrogen-bond donors (Lipinski definition) is 1. The van der Waals surface area contributed by atoms with Crippen LogP contribution in [0, 0.1) is 5.82 Å². The molecule has 0 aliphatic carbocycles. The lowest BCUT2D eigenvalue weighted by atomic mass is 10.2. The molecule has 72 valence electrons. The molecule has 0 aliphatic rings. The van der Waals surface area contributed by atoms with Crippen molar-refractivity contribution in [1.82, 2.24) is 0 Å². The van der Waals surface area contributed by atoms with Crippen LogP contribution in [-0.4, -0.2) is 0 Å². The lowest BCUT2D eigenvalue weighted by Crippen LogP contribution is -2.06. The summed E-state index contributed by atoms with van der Waals surface area (Å²) in [5.74, 6) is -0.881. The zero-order valence-corrected chi connectivity index (χ0v) is 7.71. The van der Waals surface area contributed by atoms with Gasteiger partial charge in [0.15, 0.2) is 5.82 Å². The normalized spacial score (nSPS) is 11.8. The van der Waals surface area contributed by atoms with Gasteiger partial charge in [0.25, 0.3) is 0 Å². The molecule has 0 amide bonds. The van der Waals surface area contributed by atoms with Crippen molar-refractivity contribution in [1.29, 1.82) is 0 Å². The Morgan fingerprint density at radius 1 is 1.23 bits per heavy atom. The van der Waals surface area contributed by atoms with Gasteiger partial charge in [0.1, 0.15) is 0 Å². The first-order chi connectivity index (χ1) is 5.82. The van der Waals surface area contributed by atoms with Crippen molar-refractivity contribution < 1.29 is 17.6 Å². The molecule has 13 heavy (non-hydrogen) atoms. The zero-order chi connectivity index (χ0) is 10.2. The maximum absolute atomic E-state index is 12.8. The van der Waals surface area contributed by atoms with E-state index >= 15 is 0 Å². The largest absolute Gasteiger partial charge is 0.416 e. The highest BCUT2D eigenvalue weighted by molar-refractivity contribution is 9.10. The Hall–Kier alpha value is -0.780.